The molecule has 1 aromatic carbocycles. The Labute approximate surface area is 122 Å². The van der Waals surface area contributed by atoms with Gasteiger partial charge in [0.05, 0.1) is 18.2 Å². The molecule has 1 fully saturated rings. The lowest BCUT2D eigenvalue weighted by Gasteiger charge is -2.13. The van der Waals surface area contributed by atoms with Gasteiger partial charge in [-0.25, -0.2) is 17.7 Å². The maximum Gasteiger partial charge on any atom is 0.241 e. The molecule has 1 aromatic heterocycles. The van der Waals surface area contributed by atoms with Crippen molar-refractivity contribution in [1.29, 1.82) is 0 Å². The van der Waals surface area contributed by atoms with Crippen LogP contribution in [0.5, 0.6) is 0 Å². The van der Waals surface area contributed by atoms with Crippen LogP contribution in [0.3, 0.4) is 0 Å². The minimum atomic E-state index is -3.56. The highest BCUT2D eigenvalue weighted by atomic mass is 32.2. The van der Waals surface area contributed by atoms with Crippen LogP contribution in [0.4, 0.5) is 0 Å². The molecular formula is C14H15N3O3S. The van der Waals surface area contributed by atoms with Crippen molar-refractivity contribution in [2.75, 3.05) is 5.75 Å². The first kappa shape index (κ1) is 13.8. The number of rotatable bonds is 4. The Morgan fingerprint density at radius 2 is 2.05 bits per heavy atom. The maximum absolute atomic E-state index is 12.4. The molecule has 1 atom stereocenters. The van der Waals surface area contributed by atoms with Gasteiger partial charge < -0.3 is 4.98 Å². The van der Waals surface area contributed by atoms with E-state index in [1.807, 2.05) is 30.3 Å². The zero-order chi connectivity index (χ0) is 14.9. The van der Waals surface area contributed by atoms with E-state index < -0.39 is 15.9 Å². The Morgan fingerprint density at radius 1 is 1.29 bits per heavy atom. The number of amides is 1. The summed E-state index contributed by atoms with van der Waals surface area (Å²) in [5.41, 5.74) is 0.964. The fourth-order valence-corrected chi connectivity index (χ4v) is 4.19. The second-order valence-electron chi connectivity index (χ2n) is 5.05. The van der Waals surface area contributed by atoms with Crippen LogP contribution in [0.1, 0.15) is 11.4 Å². The highest BCUT2D eigenvalue weighted by Gasteiger charge is 2.43. The van der Waals surface area contributed by atoms with E-state index in [2.05, 4.69) is 9.97 Å². The number of hydrogen-bond donors (Lipinski definition) is 1. The van der Waals surface area contributed by atoms with E-state index >= 15 is 0 Å². The van der Waals surface area contributed by atoms with E-state index in [9.17, 15) is 13.2 Å². The normalized spacial score (nSPS) is 20.9. The number of aromatic amines is 1. The van der Waals surface area contributed by atoms with E-state index in [4.69, 9.17) is 0 Å². The Hall–Kier alpha value is -2.15. The minimum Gasteiger partial charge on any atom is -0.347 e. The molecule has 0 bridgehead atoms. The van der Waals surface area contributed by atoms with E-state index in [1.54, 1.807) is 6.20 Å². The van der Waals surface area contributed by atoms with Gasteiger partial charge in [0.2, 0.25) is 15.9 Å². The molecule has 0 spiro atoms. The predicted molar refractivity (Wildman–Crippen MR) is 76.6 cm³/mol. The third kappa shape index (κ3) is 2.82. The van der Waals surface area contributed by atoms with Crippen LogP contribution in [0, 0.1) is 5.92 Å². The zero-order valence-corrected chi connectivity index (χ0v) is 12.1. The number of aromatic nitrogens is 2. The average molecular weight is 305 g/mol. The van der Waals surface area contributed by atoms with Gasteiger partial charge in [-0.1, -0.05) is 30.3 Å². The second-order valence-corrected chi connectivity index (χ2v) is 6.98. The molecule has 1 amide bonds. The summed E-state index contributed by atoms with van der Waals surface area (Å²) in [4.78, 5) is 19.1. The summed E-state index contributed by atoms with van der Waals surface area (Å²) in [5, 5.41) is 0. The van der Waals surface area contributed by atoms with E-state index in [0.29, 0.717) is 12.2 Å². The van der Waals surface area contributed by atoms with Crippen LogP contribution < -0.4 is 0 Å². The van der Waals surface area contributed by atoms with Gasteiger partial charge in [-0.15, -0.1) is 0 Å². The molecule has 7 heteroatoms. The average Bonchev–Trinajstić information content (AvgIpc) is 3.03. The molecule has 1 N–H and O–H groups in total. The fourth-order valence-electron chi connectivity index (χ4n) is 2.50. The number of benzene rings is 1. The lowest BCUT2D eigenvalue weighted by Crippen LogP contribution is -2.31. The maximum atomic E-state index is 12.4. The summed E-state index contributed by atoms with van der Waals surface area (Å²) in [6, 6.07) is 9.44. The van der Waals surface area contributed by atoms with Gasteiger partial charge in [0, 0.05) is 12.4 Å². The summed E-state index contributed by atoms with van der Waals surface area (Å²) in [6.07, 6.45) is 3.57. The number of carbonyl (C=O) groups is 1. The molecular weight excluding hydrogens is 290 g/mol. The summed E-state index contributed by atoms with van der Waals surface area (Å²) in [5.74, 6) is -0.545. The standard InChI is InChI=1S/C14H15N3O3S/c18-14-12(8-11-4-2-1-3-5-11)10-21(19,20)17(14)9-13-15-6-7-16-13/h1-7,12H,8-10H2,(H,15,16). The number of imidazole rings is 1. The SMILES string of the molecule is O=C1C(Cc2ccccc2)CS(=O)(=O)N1Cc1ncc[nH]1. The molecule has 0 radical (unpaired) electrons. The van der Waals surface area contributed by atoms with Gasteiger partial charge >= 0.3 is 0 Å². The van der Waals surface area contributed by atoms with Gasteiger partial charge in [0.15, 0.2) is 0 Å². The fraction of sp³-hybridized carbons (Fsp3) is 0.286. The molecule has 110 valence electrons. The molecule has 0 saturated carbocycles. The second kappa shape index (κ2) is 5.33. The summed E-state index contributed by atoms with van der Waals surface area (Å²) >= 11 is 0. The van der Waals surface area contributed by atoms with Crippen molar-refractivity contribution >= 4 is 15.9 Å². The van der Waals surface area contributed by atoms with Gasteiger partial charge in [-0.2, -0.15) is 0 Å². The first-order valence-electron chi connectivity index (χ1n) is 6.63. The Morgan fingerprint density at radius 3 is 2.71 bits per heavy atom. The van der Waals surface area contributed by atoms with Gasteiger partial charge in [0.1, 0.15) is 5.82 Å². The number of nitrogens with one attached hydrogen (secondary N) is 1. The van der Waals surface area contributed by atoms with Crippen molar-refractivity contribution in [2.45, 2.75) is 13.0 Å². The highest BCUT2D eigenvalue weighted by Crippen LogP contribution is 2.25. The van der Waals surface area contributed by atoms with Crippen LogP contribution in [-0.4, -0.2) is 34.4 Å². The molecule has 1 aliphatic rings. The van der Waals surface area contributed by atoms with Crippen LogP contribution in [0.2, 0.25) is 0 Å². The molecule has 1 unspecified atom stereocenters. The van der Waals surface area contributed by atoms with E-state index in [1.165, 1.54) is 6.20 Å². The van der Waals surface area contributed by atoms with Crippen LogP contribution in [-0.2, 0) is 27.8 Å². The van der Waals surface area contributed by atoms with Gasteiger partial charge in [0.25, 0.3) is 0 Å². The van der Waals surface area contributed by atoms with Crippen molar-refractivity contribution in [3.8, 4) is 0 Å². The number of H-pyrrole nitrogens is 1. The first-order chi connectivity index (χ1) is 10.1. The van der Waals surface area contributed by atoms with Crippen molar-refractivity contribution in [3.05, 3.63) is 54.1 Å². The highest BCUT2D eigenvalue weighted by molar-refractivity contribution is 7.90. The Kier molecular flexibility index (Phi) is 3.50. The molecule has 21 heavy (non-hydrogen) atoms. The van der Waals surface area contributed by atoms with Crippen molar-refractivity contribution < 1.29 is 13.2 Å². The number of nitrogens with zero attached hydrogens (tertiary/aromatic N) is 2. The lowest BCUT2D eigenvalue weighted by atomic mass is 10.0. The van der Waals surface area contributed by atoms with Crippen LogP contribution in [0.15, 0.2) is 42.7 Å². The molecule has 1 aliphatic heterocycles. The Balaban J connectivity index is 1.79. The number of sulfonamides is 1. The topological polar surface area (TPSA) is 83.1 Å². The monoisotopic (exact) mass is 305 g/mol. The number of hydrogen-bond acceptors (Lipinski definition) is 4. The predicted octanol–water partition coefficient (Wildman–Crippen LogP) is 0.941. The van der Waals surface area contributed by atoms with E-state index in [0.717, 1.165) is 9.87 Å². The molecule has 2 heterocycles. The third-order valence-corrected chi connectivity index (χ3v) is 5.32. The van der Waals surface area contributed by atoms with Crippen LogP contribution in [0.25, 0.3) is 0 Å². The number of carbonyl (C=O) groups excluding carboxylic acids is 1. The van der Waals surface area contributed by atoms with Crippen molar-refractivity contribution in [1.82, 2.24) is 14.3 Å². The molecule has 6 nitrogen and oxygen atoms in total. The Bertz CT molecular complexity index is 726. The largest absolute Gasteiger partial charge is 0.347 e. The zero-order valence-electron chi connectivity index (χ0n) is 11.3. The molecule has 3 rings (SSSR count). The first-order valence-corrected chi connectivity index (χ1v) is 8.23. The quantitative estimate of drug-likeness (QED) is 0.911. The summed E-state index contributed by atoms with van der Waals surface area (Å²) < 4.78 is 25.3. The smallest absolute Gasteiger partial charge is 0.241 e. The van der Waals surface area contributed by atoms with E-state index in [-0.39, 0.29) is 18.2 Å². The van der Waals surface area contributed by atoms with Crippen molar-refractivity contribution in [2.24, 2.45) is 5.92 Å². The molecule has 0 aliphatic carbocycles. The third-order valence-electron chi connectivity index (χ3n) is 3.52. The summed E-state index contributed by atoms with van der Waals surface area (Å²) in [6.45, 7) is -0.0283. The lowest BCUT2D eigenvalue weighted by molar-refractivity contribution is -0.129. The van der Waals surface area contributed by atoms with Crippen LogP contribution >= 0.6 is 0 Å². The molecule has 1 saturated heterocycles. The summed E-state index contributed by atoms with van der Waals surface area (Å²) in [7, 11) is -3.56. The minimum absolute atomic E-state index is 0.0283. The van der Waals surface area contributed by atoms with Crippen molar-refractivity contribution in [3.63, 3.8) is 0 Å². The molecule has 2 aromatic rings. The van der Waals surface area contributed by atoms with Gasteiger partial charge in [-0.05, 0) is 12.0 Å². The van der Waals surface area contributed by atoms with Gasteiger partial charge in [-0.3, -0.25) is 4.79 Å².